The molecule has 0 aliphatic carbocycles. The number of halogens is 1. The summed E-state index contributed by atoms with van der Waals surface area (Å²) in [6.07, 6.45) is 3.91. The van der Waals surface area contributed by atoms with Gasteiger partial charge in [-0.2, -0.15) is 5.10 Å². The molecule has 176 valence electrons. The third-order valence-electron chi connectivity index (χ3n) is 5.87. The Morgan fingerprint density at radius 2 is 2.12 bits per heavy atom. The lowest BCUT2D eigenvalue weighted by molar-refractivity contribution is -0.127. The molecule has 1 aliphatic heterocycles. The number of aromatic nitrogens is 4. The summed E-state index contributed by atoms with van der Waals surface area (Å²) in [6, 6.07) is 6.05. The van der Waals surface area contributed by atoms with Crippen molar-refractivity contribution in [1.29, 1.82) is 0 Å². The Morgan fingerprint density at radius 1 is 1.33 bits per heavy atom. The van der Waals surface area contributed by atoms with Gasteiger partial charge in [-0.15, -0.1) is 0 Å². The van der Waals surface area contributed by atoms with Crippen molar-refractivity contribution < 1.29 is 17.6 Å². The minimum atomic E-state index is -3.01. The molecule has 1 amide bonds. The first kappa shape index (κ1) is 23.5. The average molecular weight is 492 g/mol. The van der Waals surface area contributed by atoms with Crippen LogP contribution in [0.5, 0.6) is 0 Å². The van der Waals surface area contributed by atoms with E-state index in [1.165, 1.54) is 23.9 Å². The molecule has 0 N–H and O–H groups in total. The number of benzene rings is 1. The summed E-state index contributed by atoms with van der Waals surface area (Å²) in [7, 11) is -1.28. The molecule has 8 nitrogen and oxygen atoms in total. The van der Waals surface area contributed by atoms with Crippen LogP contribution in [0.3, 0.4) is 0 Å². The van der Waals surface area contributed by atoms with Crippen LogP contribution in [0.15, 0.2) is 41.8 Å². The molecule has 0 unspecified atom stereocenters. The Hall–Kier alpha value is -2.66. The first-order chi connectivity index (χ1) is 15.6. The Bertz CT molecular complexity index is 1280. The van der Waals surface area contributed by atoms with E-state index in [9.17, 15) is 17.6 Å². The molecule has 0 radical (unpaired) electrons. The van der Waals surface area contributed by atoms with Gasteiger partial charge in [0.15, 0.2) is 15.0 Å². The summed E-state index contributed by atoms with van der Waals surface area (Å²) in [5.41, 5.74) is 3.26. The predicted molar refractivity (Wildman–Crippen MR) is 125 cm³/mol. The van der Waals surface area contributed by atoms with Crippen molar-refractivity contribution in [1.82, 2.24) is 24.2 Å². The van der Waals surface area contributed by atoms with Crippen molar-refractivity contribution in [2.45, 2.75) is 38.0 Å². The van der Waals surface area contributed by atoms with E-state index < -0.39 is 9.84 Å². The average Bonchev–Trinajstić information content (AvgIpc) is 3.45. The van der Waals surface area contributed by atoms with Gasteiger partial charge in [0.2, 0.25) is 5.91 Å². The standard InChI is InChI=1S/C22H26FN5O3S2/c1-15-20(16(2)28(25-15)19-7-10-33(30,31)14-19)12-26(3)21(29)13-32-22-24-8-9-27(22)18-6-4-5-17(23)11-18/h4-6,8-9,11,19H,7,10,12-14H2,1-3H3/t19-/m0/s1. The van der Waals surface area contributed by atoms with E-state index in [0.717, 1.165) is 17.0 Å². The summed E-state index contributed by atoms with van der Waals surface area (Å²) in [6.45, 7) is 4.18. The van der Waals surface area contributed by atoms with Crippen LogP contribution in [-0.2, 0) is 21.2 Å². The Kier molecular flexibility index (Phi) is 6.62. The van der Waals surface area contributed by atoms with E-state index in [2.05, 4.69) is 10.1 Å². The summed E-state index contributed by atoms with van der Waals surface area (Å²) < 4.78 is 40.9. The summed E-state index contributed by atoms with van der Waals surface area (Å²) >= 11 is 1.29. The molecule has 4 rings (SSSR count). The molecule has 1 atom stereocenters. The Labute approximate surface area is 196 Å². The second-order valence-corrected chi connectivity index (χ2v) is 11.4. The lowest BCUT2D eigenvalue weighted by Crippen LogP contribution is -2.28. The largest absolute Gasteiger partial charge is 0.341 e. The molecule has 0 saturated carbocycles. The first-order valence-electron chi connectivity index (χ1n) is 10.6. The van der Waals surface area contributed by atoms with Crippen molar-refractivity contribution in [2.75, 3.05) is 24.3 Å². The number of hydrogen-bond donors (Lipinski definition) is 0. The van der Waals surface area contributed by atoms with Gasteiger partial charge in [0.05, 0.1) is 34.7 Å². The SMILES string of the molecule is Cc1nn([C@H]2CCS(=O)(=O)C2)c(C)c1CN(C)C(=O)CSc1nccn1-c1cccc(F)c1. The number of carbonyl (C=O) groups is 1. The van der Waals surface area contributed by atoms with Crippen LogP contribution in [0.2, 0.25) is 0 Å². The number of nitrogens with zero attached hydrogens (tertiary/aromatic N) is 5. The highest BCUT2D eigenvalue weighted by Gasteiger charge is 2.31. The number of thioether (sulfide) groups is 1. The number of rotatable bonds is 7. The molecule has 1 fully saturated rings. The van der Waals surface area contributed by atoms with Crippen LogP contribution in [0.25, 0.3) is 5.69 Å². The summed E-state index contributed by atoms with van der Waals surface area (Å²) in [5, 5.41) is 5.18. The maximum Gasteiger partial charge on any atom is 0.233 e. The minimum absolute atomic E-state index is 0.0798. The lowest BCUT2D eigenvalue weighted by Gasteiger charge is -2.18. The van der Waals surface area contributed by atoms with Gasteiger partial charge in [0.1, 0.15) is 5.82 Å². The number of aryl methyl sites for hydroxylation is 1. The molecule has 3 aromatic rings. The molecule has 1 aliphatic rings. The second-order valence-electron chi connectivity index (χ2n) is 8.25. The van der Waals surface area contributed by atoms with Gasteiger partial charge in [-0.25, -0.2) is 17.8 Å². The fourth-order valence-corrected chi connectivity index (χ4v) is 6.64. The number of amides is 1. The monoisotopic (exact) mass is 491 g/mol. The molecular weight excluding hydrogens is 465 g/mol. The highest BCUT2D eigenvalue weighted by molar-refractivity contribution is 7.99. The topological polar surface area (TPSA) is 90.1 Å². The Morgan fingerprint density at radius 3 is 2.82 bits per heavy atom. The lowest BCUT2D eigenvalue weighted by atomic mass is 10.1. The smallest absolute Gasteiger partial charge is 0.233 e. The number of carbonyl (C=O) groups excluding carboxylic acids is 1. The number of hydrogen-bond acceptors (Lipinski definition) is 6. The minimum Gasteiger partial charge on any atom is -0.341 e. The van der Waals surface area contributed by atoms with Crippen LogP contribution in [0.1, 0.15) is 29.4 Å². The molecule has 3 heterocycles. The van der Waals surface area contributed by atoms with Crippen molar-refractivity contribution in [2.24, 2.45) is 0 Å². The van der Waals surface area contributed by atoms with E-state index in [1.54, 1.807) is 45.7 Å². The summed E-state index contributed by atoms with van der Waals surface area (Å²) in [5.74, 6) is 0.0540. The van der Waals surface area contributed by atoms with E-state index in [-0.39, 0.29) is 35.0 Å². The number of sulfone groups is 1. The fraction of sp³-hybridized carbons (Fsp3) is 0.409. The molecule has 11 heteroatoms. The zero-order chi connectivity index (χ0) is 23.8. The number of imidazole rings is 1. The van der Waals surface area contributed by atoms with Crippen LogP contribution >= 0.6 is 11.8 Å². The van der Waals surface area contributed by atoms with Crippen LogP contribution in [0, 0.1) is 19.7 Å². The van der Waals surface area contributed by atoms with Crippen LogP contribution in [-0.4, -0.2) is 62.9 Å². The van der Waals surface area contributed by atoms with Gasteiger partial charge in [-0.05, 0) is 38.5 Å². The summed E-state index contributed by atoms with van der Waals surface area (Å²) in [4.78, 5) is 18.7. The fourth-order valence-electron chi connectivity index (χ4n) is 4.03. The van der Waals surface area contributed by atoms with Gasteiger partial charge in [-0.1, -0.05) is 17.8 Å². The molecular formula is C22H26FN5O3S2. The van der Waals surface area contributed by atoms with Gasteiger partial charge >= 0.3 is 0 Å². The third-order valence-corrected chi connectivity index (χ3v) is 8.57. The molecule has 2 aromatic heterocycles. The third kappa shape index (κ3) is 5.14. The second kappa shape index (κ2) is 9.30. The van der Waals surface area contributed by atoms with Crippen molar-refractivity contribution in [3.63, 3.8) is 0 Å². The van der Waals surface area contributed by atoms with Gasteiger partial charge in [-0.3, -0.25) is 14.0 Å². The van der Waals surface area contributed by atoms with E-state index in [4.69, 9.17) is 0 Å². The van der Waals surface area contributed by atoms with Crippen LogP contribution < -0.4 is 0 Å². The molecule has 1 aromatic carbocycles. The molecule has 0 spiro atoms. The van der Waals surface area contributed by atoms with E-state index >= 15 is 0 Å². The van der Waals surface area contributed by atoms with Crippen molar-refractivity contribution in [3.8, 4) is 5.69 Å². The molecule has 33 heavy (non-hydrogen) atoms. The normalized spacial score (nSPS) is 17.4. The van der Waals surface area contributed by atoms with Gasteiger partial charge < -0.3 is 4.90 Å². The van der Waals surface area contributed by atoms with Crippen molar-refractivity contribution in [3.05, 3.63) is 59.4 Å². The van der Waals surface area contributed by atoms with E-state index in [1.807, 2.05) is 13.8 Å². The highest BCUT2D eigenvalue weighted by Crippen LogP contribution is 2.27. The maximum atomic E-state index is 13.6. The zero-order valence-electron chi connectivity index (χ0n) is 18.7. The first-order valence-corrected chi connectivity index (χ1v) is 13.4. The molecule has 0 bridgehead atoms. The predicted octanol–water partition coefficient (Wildman–Crippen LogP) is 2.94. The van der Waals surface area contributed by atoms with Gasteiger partial charge in [0.25, 0.3) is 0 Å². The van der Waals surface area contributed by atoms with Gasteiger partial charge in [0, 0.05) is 37.2 Å². The highest BCUT2D eigenvalue weighted by atomic mass is 32.2. The van der Waals surface area contributed by atoms with Crippen LogP contribution in [0.4, 0.5) is 4.39 Å². The molecule has 1 saturated heterocycles. The Balaban J connectivity index is 1.41. The quantitative estimate of drug-likeness (QED) is 0.472. The maximum absolute atomic E-state index is 13.6. The zero-order valence-corrected chi connectivity index (χ0v) is 20.4. The van der Waals surface area contributed by atoms with Crippen molar-refractivity contribution >= 4 is 27.5 Å². The van der Waals surface area contributed by atoms with E-state index in [0.29, 0.717) is 23.8 Å².